The lowest BCUT2D eigenvalue weighted by Crippen LogP contribution is -2.32. The molecule has 0 aliphatic heterocycles. The van der Waals surface area contributed by atoms with Crippen LogP contribution < -0.4 is 10.3 Å². The molecule has 0 spiro atoms. The molecule has 9 nitrogen and oxygen atoms in total. The highest BCUT2D eigenvalue weighted by Gasteiger charge is 2.15. The van der Waals surface area contributed by atoms with Crippen molar-refractivity contribution in [1.82, 2.24) is 29.3 Å². The van der Waals surface area contributed by atoms with Gasteiger partial charge >= 0.3 is 0 Å². The summed E-state index contributed by atoms with van der Waals surface area (Å²) in [6.07, 6.45) is 2.73. The Hall–Kier alpha value is -2.63. The molecule has 0 aliphatic carbocycles. The maximum Gasteiger partial charge on any atom is 0.266 e. The van der Waals surface area contributed by atoms with E-state index in [9.17, 15) is 17.6 Å². The SMILES string of the molecule is O=c1ccc(-n2cncn2)nn1CCNS(=O)(=O)c1ccc(F)c(Cl)c1. The van der Waals surface area contributed by atoms with E-state index >= 15 is 0 Å². The monoisotopic (exact) mass is 398 g/mol. The van der Waals surface area contributed by atoms with Crippen LogP contribution in [0.15, 0.2) is 52.7 Å². The van der Waals surface area contributed by atoms with Crippen LogP contribution >= 0.6 is 11.6 Å². The van der Waals surface area contributed by atoms with Gasteiger partial charge in [-0.2, -0.15) is 5.10 Å². The third-order valence-corrected chi connectivity index (χ3v) is 5.07. The highest BCUT2D eigenvalue weighted by atomic mass is 35.5. The quantitative estimate of drug-likeness (QED) is 0.650. The molecule has 0 bridgehead atoms. The van der Waals surface area contributed by atoms with Crippen LogP contribution in [0.2, 0.25) is 5.02 Å². The molecule has 136 valence electrons. The maximum atomic E-state index is 13.2. The molecule has 3 aromatic rings. The number of benzene rings is 1. The second-order valence-electron chi connectivity index (χ2n) is 5.07. The van der Waals surface area contributed by atoms with Crippen LogP contribution in [0, 0.1) is 5.82 Å². The minimum Gasteiger partial charge on any atom is -0.268 e. The highest BCUT2D eigenvalue weighted by Crippen LogP contribution is 2.19. The smallest absolute Gasteiger partial charge is 0.266 e. The number of nitrogens with one attached hydrogen (secondary N) is 1. The Balaban J connectivity index is 1.72. The van der Waals surface area contributed by atoms with Gasteiger partial charge in [0.15, 0.2) is 5.82 Å². The van der Waals surface area contributed by atoms with Gasteiger partial charge in [0, 0.05) is 12.6 Å². The first-order valence-electron chi connectivity index (χ1n) is 7.25. The molecule has 0 unspecified atom stereocenters. The largest absolute Gasteiger partial charge is 0.268 e. The molecule has 0 radical (unpaired) electrons. The van der Waals surface area contributed by atoms with Crippen LogP contribution in [-0.2, 0) is 16.6 Å². The summed E-state index contributed by atoms with van der Waals surface area (Å²) in [7, 11) is -3.91. The molecule has 12 heteroatoms. The van der Waals surface area contributed by atoms with Crippen LogP contribution in [0.1, 0.15) is 0 Å². The number of hydrogen-bond acceptors (Lipinski definition) is 6. The van der Waals surface area contributed by atoms with Gasteiger partial charge in [-0.05, 0) is 24.3 Å². The third-order valence-electron chi connectivity index (χ3n) is 3.32. The summed E-state index contributed by atoms with van der Waals surface area (Å²) in [6.45, 7) is -0.124. The number of sulfonamides is 1. The van der Waals surface area contributed by atoms with Crippen molar-refractivity contribution in [2.75, 3.05) is 6.54 Å². The van der Waals surface area contributed by atoms with Crippen LogP contribution in [0.3, 0.4) is 0 Å². The maximum absolute atomic E-state index is 13.2. The lowest BCUT2D eigenvalue weighted by molar-refractivity contribution is 0.541. The highest BCUT2D eigenvalue weighted by molar-refractivity contribution is 7.89. The average Bonchev–Trinajstić information content (AvgIpc) is 3.13. The van der Waals surface area contributed by atoms with Crippen molar-refractivity contribution in [3.63, 3.8) is 0 Å². The van der Waals surface area contributed by atoms with Gasteiger partial charge in [-0.15, -0.1) is 5.10 Å². The summed E-state index contributed by atoms with van der Waals surface area (Å²) < 4.78 is 42.3. The van der Waals surface area contributed by atoms with Crippen molar-refractivity contribution in [3.05, 3.63) is 64.2 Å². The van der Waals surface area contributed by atoms with E-state index in [4.69, 9.17) is 11.6 Å². The number of hydrogen-bond donors (Lipinski definition) is 1. The fourth-order valence-corrected chi connectivity index (χ4v) is 3.35. The molecule has 0 aliphatic rings. The molecule has 0 atom stereocenters. The van der Waals surface area contributed by atoms with Gasteiger partial charge < -0.3 is 0 Å². The summed E-state index contributed by atoms with van der Waals surface area (Å²) in [5.74, 6) is -0.360. The normalized spacial score (nSPS) is 11.6. The second-order valence-corrected chi connectivity index (χ2v) is 7.24. The van der Waals surface area contributed by atoms with Crippen molar-refractivity contribution >= 4 is 21.6 Å². The van der Waals surface area contributed by atoms with Gasteiger partial charge in [0.2, 0.25) is 10.0 Å². The Kier molecular flexibility index (Phi) is 5.11. The Morgan fingerprint density at radius 1 is 1.23 bits per heavy atom. The minimum absolute atomic E-state index is 0.0183. The molecule has 1 N–H and O–H groups in total. The zero-order valence-corrected chi connectivity index (χ0v) is 14.7. The van der Waals surface area contributed by atoms with E-state index in [0.717, 1.165) is 22.9 Å². The predicted octanol–water partition coefficient (Wildman–Crippen LogP) is 0.595. The number of halogens is 2. The first-order valence-corrected chi connectivity index (χ1v) is 9.11. The fraction of sp³-hybridized carbons (Fsp3) is 0.143. The van der Waals surface area contributed by atoms with Gasteiger partial charge in [-0.1, -0.05) is 11.6 Å². The van der Waals surface area contributed by atoms with E-state index < -0.39 is 21.4 Å². The lowest BCUT2D eigenvalue weighted by Gasteiger charge is -2.09. The summed E-state index contributed by atoms with van der Waals surface area (Å²) in [4.78, 5) is 15.5. The van der Waals surface area contributed by atoms with E-state index in [1.54, 1.807) is 0 Å². The van der Waals surface area contributed by atoms with Gasteiger partial charge in [0.25, 0.3) is 5.56 Å². The average molecular weight is 399 g/mol. The summed E-state index contributed by atoms with van der Waals surface area (Å²) in [6, 6.07) is 5.83. The minimum atomic E-state index is -3.91. The van der Waals surface area contributed by atoms with E-state index in [2.05, 4.69) is 19.9 Å². The molecule has 3 rings (SSSR count). The van der Waals surface area contributed by atoms with Gasteiger partial charge in [-0.25, -0.2) is 31.9 Å². The molecular weight excluding hydrogens is 387 g/mol. The van der Waals surface area contributed by atoms with Crippen molar-refractivity contribution in [2.24, 2.45) is 0 Å². The molecule has 0 saturated heterocycles. The number of nitrogens with zero attached hydrogens (tertiary/aromatic N) is 5. The van der Waals surface area contributed by atoms with Crippen LogP contribution in [0.5, 0.6) is 0 Å². The van der Waals surface area contributed by atoms with Crippen LogP contribution in [0.4, 0.5) is 4.39 Å². The Labute approximate surface area is 152 Å². The molecule has 0 amide bonds. The molecule has 0 saturated carbocycles. The zero-order chi connectivity index (χ0) is 18.7. The zero-order valence-electron chi connectivity index (χ0n) is 13.1. The lowest BCUT2D eigenvalue weighted by atomic mass is 10.3. The van der Waals surface area contributed by atoms with Gasteiger partial charge in [-0.3, -0.25) is 4.79 Å². The van der Waals surface area contributed by atoms with Crippen molar-refractivity contribution in [2.45, 2.75) is 11.4 Å². The van der Waals surface area contributed by atoms with Crippen molar-refractivity contribution in [3.8, 4) is 5.82 Å². The number of rotatable bonds is 6. The first-order chi connectivity index (χ1) is 12.4. The van der Waals surface area contributed by atoms with E-state index in [1.807, 2.05) is 0 Å². The van der Waals surface area contributed by atoms with Gasteiger partial charge in [0.1, 0.15) is 18.5 Å². The second kappa shape index (κ2) is 7.32. The van der Waals surface area contributed by atoms with Crippen molar-refractivity contribution < 1.29 is 12.8 Å². The first kappa shape index (κ1) is 18.2. The Bertz CT molecular complexity index is 1080. The molecular formula is C14H12ClFN6O3S. The molecule has 1 aromatic carbocycles. The van der Waals surface area contributed by atoms with Crippen LogP contribution in [-0.4, -0.2) is 39.5 Å². The molecule has 0 fully saturated rings. The summed E-state index contributed by atoms with van der Waals surface area (Å²) in [5, 5.41) is 7.70. The number of aromatic nitrogens is 5. The van der Waals surface area contributed by atoms with E-state index in [0.29, 0.717) is 5.82 Å². The molecule has 2 aromatic heterocycles. The standard InChI is InChI=1S/C14H12ClFN6O3S/c15-11-7-10(1-2-12(11)16)26(24,25)19-5-6-21-14(23)4-3-13(20-21)22-9-17-8-18-22/h1-4,7-9,19H,5-6H2. The van der Waals surface area contributed by atoms with Crippen molar-refractivity contribution in [1.29, 1.82) is 0 Å². The van der Waals surface area contributed by atoms with E-state index in [-0.39, 0.29) is 23.0 Å². The Morgan fingerprint density at radius 2 is 2.04 bits per heavy atom. The predicted molar refractivity (Wildman–Crippen MR) is 90.0 cm³/mol. The van der Waals surface area contributed by atoms with Crippen LogP contribution in [0.25, 0.3) is 5.82 Å². The van der Waals surface area contributed by atoms with Gasteiger partial charge in [0.05, 0.1) is 16.5 Å². The molecule has 2 heterocycles. The Morgan fingerprint density at radius 3 is 2.73 bits per heavy atom. The molecule has 26 heavy (non-hydrogen) atoms. The summed E-state index contributed by atoms with van der Waals surface area (Å²) >= 11 is 5.60. The van der Waals surface area contributed by atoms with E-state index in [1.165, 1.54) is 29.5 Å². The fourth-order valence-electron chi connectivity index (χ4n) is 2.06. The summed E-state index contributed by atoms with van der Waals surface area (Å²) in [5.41, 5.74) is -0.405. The third kappa shape index (κ3) is 3.95. The topological polar surface area (TPSA) is 112 Å².